The summed E-state index contributed by atoms with van der Waals surface area (Å²) in [5, 5.41) is 22.7. The van der Waals surface area contributed by atoms with E-state index in [1.165, 1.54) is 11.3 Å². The fourth-order valence-electron chi connectivity index (χ4n) is 1.21. The van der Waals surface area contributed by atoms with Gasteiger partial charge in [-0.2, -0.15) is 0 Å². The van der Waals surface area contributed by atoms with Gasteiger partial charge in [0, 0.05) is 13.0 Å². The van der Waals surface area contributed by atoms with Crippen molar-refractivity contribution in [3.63, 3.8) is 0 Å². The molecule has 6 heteroatoms. The van der Waals surface area contributed by atoms with Gasteiger partial charge in [0.05, 0.1) is 11.4 Å². The van der Waals surface area contributed by atoms with Crippen molar-refractivity contribution in [2.75, 3.05) is 11.9 Å². The fraction of sp³-hybridized carbons (Fsp3) is 0.400. The van der Waals surface area contributed by atoms with Gasteiger partial charge in [-0.05, 0) is 23.4 Å². The number of rotatable bonds is 7. The number of carboxylic acids is 2. The van der Waals surface area contributed by atoms with Crippen molar-refractivity contribution in [2.24, 2.45) is 0 Å². The van der Waals surface area contributed by atoms with Crippen LogP contribution in [0.2, 0.25) is 0 Å². The molecule has 3 N–H and O–H groups in total. The number of aliphatic carboxylic acids is 2. The van der Waals surface area contributed by atoms with Gasteiger partial charge in [-0.1, -0.05) is 0 Å². The fourth-order valence-corrected chi connectivity index (χ4v) is 2.09. The SMILES string of the molecule is O=C(O)CCNc1sccc1CCC(=O)O. The summed E-state index contributed by atoms with van der Waals surface area (Å²) >= 11 is 1.46. The van der Waals surface area contributed by atoms with Gasteiger partial charge in [-0.25, -0.2) is 0 Å². The predicted molar refractivity (Wildman–Crippen MR) is 61.0 cm³/mol. The van der Waals surface area contributed by atoms with Crippen LogP contribution in [0.15, 0.2) is 11.4 Å². The third kappa shape index (κ3) is 4.31. The Morgan fingerprint density at radius 3 is 2.56 bits per heavy atom. The molecule has 0 fully saturated rings. The zero-order valence-corrected chi connectivity index (χ0v) is 9.42. The molecule has 0 saturated heterocycles. The maximum atomic E-state index is 10.4. The van der Waals surface area contributed by atoms with E-state index < -0.39 is 11.9 Å². The minimum absolute atomic E-state index is 0.0519. The van der Waals surface area contributed by atoms with E-state index in [-0.39, 0.29) is 12.8 Å². The molecule has 0 spiro atoms. The lowest BCUT2D eigenvalue weighted by Gasteiger charge is -2.04. The molecule has 0 aromatic carbocycles. The molecule has 0 aliphatic heterocycles. The zero-order valence-electron chi connectivity index (χ0n) is 8.60. The van der Waals surface area contributed by atoms with Crippen LogP contribution >= 0.6 is 11.3 Å². The Bertz CT molecular complexity index is 375. The molecule has 16 heavy (non-hydrogen) atoms. The molecule has 1 aromatic heterocycles. The minimum Gasteiger partial charge on any atom is -0.481 e. The van der Waals surface area contributed by atoms with E-state index in [4.69, 9.17) is 10.2 Å². The average molecular weight is 243 g/mol. The predicted octanol–water partition coefficient (Wildman–Crippen LogP) is 1.65. The third-order valence-electron chi connectivity index (χ3n) is 1.98. The molecule has 1 aromatic rings. The molecular formula is C10H13NO4S. The van der Waals surface area contributed by atoms with Crippen molar-refractivity contribution < 1.29 is 19.8 Å². The molecule has 0 aliphatic carbocycles. The Hall–Kier alpha value is -1.56. The number of thiophene rings is 1. The highest BCUT2D eigenvalue weighted by Crippen LogP contribution is 2.24. The van der Waals surface area contributed by atoms with E-state index in [0.717, 1.165) is 10.6 Å². The van der Waals surface area contributed by atoms with Crippen LogP contribution in [0.25, 0.3) is 0 Å². The van der Waals surface area contributed by atoms with Crippen LogP contribution < -0.4 is 5.32 Å². The summed E-state index contributed by atoms with van der Waals surface area (Å²) in [7, 11) is 0. The van der Waals surface area contributed by atoms with Crippen molar-refractivity contribution in [3.05, 3.63) is 17.0 Å². The molecule has 0 saturated carbocycles. The summed E-state index contributed by atoms with van der Waals surface area (Å²) in [6.07, 6.45) is 0.606. The zero-order chi connectivity index (χ0) is 12.0. The van der Waals surface area contributed by atoms with Crippen LogP contribution in [0.4, 0.5) is 5.00 Å². The molecule has 0 bridgehead atoms. The molecule has 0 unspecified atom stereocenters. The largest absolute Gasteiger partial charge is 0.481 e. The topological polar surface area (TPSA) is 86.6 Å². The highest BCUT2D eigenvalue weighted by molar-refractivity contribution is 7.14. The number of hydrogen-bond acceptors (Lipinski definition) is 4. The summed E-state index contributed by atoms with van der Waals surface area (Å²) in [5.74, 6) is -1.68. The lowest BCUT2D eigenvalue weighted by Crippen LogP contribution is -2.08. The molecule has 1 rings (SSSR count). The number of nitrogens with one attached hydrogen (secondary N) is 1. The number of anilines is 1. The first-order chi connectivity index (χ1) is 7.59. The molecule has 0 amide bonds. The van der Waals surface area contributed by atoms with Crippen LogP contribution in [-0.4, -0.2) is 28.7 Å². The maximum Gasteiger partial charge on any atom is 0.305 e. The van der Waals surface area contributed by atoms with Gasteiger partial charge >= 0.3 is 11.9 Å². The van der Waals surface area contributed by atoms with Crippen LogP contribution in [0.5, 0.6) is 0 Å². The van der Waals surface area contributed by atoms with Gasteiger partial charge in [-0.3, -0.25) is 9.59 Å². The molecule has 5 nitrogen and oxygen atoms in total. The van der Waals surface area contributed by atoms with E-state index in [0.29, 0.717) is 13.0 Å². The Labute approximate surface area is 96.7 Å². The Morgan fingerprint density at radius 2 is 1.94 bits per heavy atom. The molecule has 0 atom stereocenters. The smallest absolute Gasteiger partial charge is 0.305 e. The summed E-state index contributed by atoms with van der Waals surface area (Å²) < 4.78 is 0. The summed E-state index contributed by atoms with van der Waals surface area (Å²) in [5.41, 5.74) is 0.929. The van der Waals surface area contributed by atoms with Crippen molar-refractivity contribution >= 4 is 28.3 Å². The lowest BCUT2D eigenvalue weighted by atomic mass is 10.2. The molecular weight excluding hydrogens is 230 g/mol. The summed E-state index contributed by atoms with van der Waals surface area (Å²) in [4.78, 5) is 20.7. The van der Waals surface area contributed by atoms with Gasteiger partial charge in [0.15, 0.2) is 0 Å². The van der Waals surface area contributed by atoms with Crippen molar-refractivity contribution in [1.29, 1.82) is 0 Å². The first kappa shape index (κ1) is 12.5. The number of aryl methyl sites for hydroxylation is 1. The van der Waals surface area contributed by atoms with Gasteiger partial charge in [0.1, 0.15) is 0 Å². The van der Waals surface area contributed by atoms with Gasteiger partial charge in [-0.15, -0.1) is 11.3 Å². The standard InChI is InChI=1S/C10H13NO4S/c12-8(13)2-1-7-4-6-16-10(7)11-5-3-9(14)15/h4,6,11H,1-3,5H2,(H,12,13)(H,14,15). The second-order valence-corrected chi connectivity index (χ2v) is 4.16. The van der Waals surface area contributed by atoms with Crippen molar-refractivity contribution in [2.45, 2.75) is 19.3 Å². The Morgan fingerprint density at radius 1 is 1.25 bits per heavy atom. The Balaban J connectivity index is 2.43. The van der Waals surface area contributed by atoms with E-state index in [1.807, 2.05) is 11.4 Å². The maximum absolute atomic E-state index is 10.4. The van der Waals surface area contributed by atoms with Crippen LogP contribution in [-0.2, 0) is 16.0 Å². The Kier molecular flexibility index (Phi) is 4.78. The van der Waals surface area contributed by atoms with Crippen LogP contribution in [0.1, 0.15) is 18.4 Å². The summed E-state index contributed by atoms with van der Waals surface area (Å²) in [6, 6.07) is 1.86. The second-order valence-electron chi connectivity index (χ2n) is 3.24. The quantitative estimate of drug-likeness (QED) is 0.678. The molecule has 0 radical (unpaired) electrons. The highest BCUT2D eigenvalue weighted by Gasteiger charge is 2.06. The van der Waals surface area contributed by atoms with E-state index in [9.17, 15) is 9.59 Å². The normalized spacial score (nSPS) is 10.0. The number of hydrogen-bond donors (Lipinski definition) is 3. The average Bonchev–Trinajstić information content (AvgIpc) is 2.62. The van der Waals surface area contributed by atoms with Crippen LogP contribution in [0, 0.1) is 0 Å². The van der Waals surface area contributed by atoms with Gasteiger partial charge < -0.3 is 15.5 Å². The first-order valence-corrected chi connectivity index (χ1v) is 5.71. The van der Waals surface area contributed by atoms with Gasteiger partial charge in [0.25, 0.3) is 0 Å². The second kappa shape index (κ2) is 6.12. The molecule has 88 valence electrons. The monoisotopic (exact) mass is 243 g/mol. The molecule has 1 heterocycles. The van der Waals surface area contributed by atoms with E-state index in [1.54, 1.807) is 0 Å². The highest BCUT2D eigenvalue weighted by atomic mass is 32.1. The summed E-state index contributed by atoms with van der Waals surface area (Å²) in [6.45, 7) is 0.357. The van der Waals surface area contributed by atoms with Crippen molar-refractivity contribution in [1.82, 2.24) is 0 Å². The van der Waals surface area contributed by atoms with Crippen molar-refractivity contribution in [3.8, 4) is 0 Å². The molecule has 0 aliphatic rings. The lowest BCUT2D eigenvalue weighted by molar-refractivity contribution is -0.137. The minimum atomic E-state index is -0.851. The van der Waals surface area contributed by atoms with E-state index in [2.05, 4.69) is 5.32 Å². The third-order valence-corrected chi connectivity index (χ3v) is 2.89. The number of carboxylic acid groups (broad SMARTS) is 2. The van der Waals surface area contributed by atoms with Crippen LogP contribution in [0.3, 0.4) is 0 Å². The van der Waals surface area contributed by atoms with E-state index >= 15 is 0 Å². The van der Waals surface area contributed by atoms with Gasteiger partial charge in [0.2, 0.25) is 0 Å². The first-order valence-electron chi connectivity index (χ1n) is 4.83. The number of carbonyl (C=O) groups is 2.